The van der Waals surface area contributed by atoms with Gasteiger partial charge in [0.25, 0.3) is 0 Å². The summed E-state index contributed by atoms with van der Waals surface area (Å²) in [4.78, 5) is 11.1. The van der Waals surface area contributed by atoms with Gasteiger partial charge in [0.15, 0.2) is 0 Å². The predicted molar refractivity (Wildman–Crippen MR) is 77.8 cm³/mol. The molecule has 0 aliphatic rings. The van der Waals surface area contributed by atoms with Gasteiger partial charge in [-0.3, -0.25) is 0 Å². The van der Waals surface area contributed by atoms with Crippen LogP contribution in [0.4, 0.5) is 5.95 Å². The van der Waals surface area contributed by atoms with Gasteiger partial charge in [0.2, 0.25) is 5.95 Å². The molecule has 0 unspecified atom stereocenters. The van der Waals surface area contributed by atoms with E-state index in [0.29, 0.717) is 6.54 Å². The molecule has 0 amide bonds. The minimum Gasteiger partial charge on any atom is -0.337 e. The zero-order valence-corrected chi connectivity index (χ0v) is 11.5. The molecular formula is C15H20N4. The Bertz CT molecular complexity index is 525. The lowest BCUT2D eigenvalue weighted by Gasteiger charge is -2.21. The Hall–Kier alpha value is -1.94. The van der Waals surface area contributed by atoms with Gasteiger partial charge in [-0.2, -0.15) is 0 Å². The summed E-state index contributed by atoms with van der Waals surface area (Å²) >= 11 is 0. The van der Waals surface area contributed by atoms with E-state index in [1.807, 2.05) is 31.3 Å². The number of benzene rings is 1. The zero-order chi connectivity index (χ0) is 13.7. The smallest absolute Gasteiger partial charge is 0.225 e. The molecular weight excluding hydrogens is 236 g/mol. The van der Waals surface area contributed by atoms with Crippen LogP contribution < -0.4 is 10.6 Å². The molecule has 2 aromatic rings. The second-order valence-corrected chi connectivity index (χ2v) is 4.48. The van der Waals surface area contributed by atoms with E-state index in [-0.39, 0.29) is 0 Å². The summed E-state index contributed by atoms with van der Waals surface area (Å²) in [6.07, 6.45) is 1.82. The topological polar surface area (TPSA) is 55.0 Å². The molecule has 19 heavy (non-hydrogen) atoms. The molecule has 0 saturated carbocycles. The summed E-state index contributed by atoms with van der Waals surface area (Å²) in [6, 6.07) is 10.4. The van der Waals surface area contributed by atoms with Crippen molar-refractivity contribution >= 4 is 5.95 Å². The second kappa shape index (κ2) is 6.29. The molecule has 0 radical (unpaired) electrons. The van der Waals surface area contributed by atoms with Gasteiger partial charge in [0.1, 0.15) is 0 Å². The molecule has 1 aromatic carbocycles. The summed E-state index contributed by atoms with van der Waals surface area (Å²) < 4.78 is 0. The maximum atomic E-state index is 5.64. The molecule has 0 bridgehead atoms. The Labute approximate surface area is 114 Å². The normalized spacial score (nSPS) is 10.5. The number of aryl methyl sites for hydroxylation is 1. The largest absolute Gasteiger partial charge is 0.337 e. The maximum Gasteiger partial charge on any atom is 0.225 e. The van der Waals surface area contributed by atoms with Gasteiger partial charge >= 0.3 is 0 Å². The average molecular weight is 256 g/mol. The first-order valence-electron chi connectivity index (χ1n) is 6.56. The van der Waals surface area contributed by atoms with E-state index < -0.39 is 0 Å². The van der Waals surface area contributed by atoms with E-state index in [9.17, 15) is 0 Å². The van der Waals surface area contributed by atoms with Crippen molar-refractivity contribution in [1.29, 1.82) is 0 Å². The van der Waals surface area contributed by atoms with Crippen LogP contribution in [-0.4, -0.2) is 16.5 Å². The average Bonchev–Trinajstić information content (AvgIpc) is 2.46. The highest BCUT2D eigenvalue weighted by Crippen LogP contribution is 2.14. The molecule has 1 heterocycles. The predicted octanol–water partition coefficient (Wildman–Crippen LogP) is 2.27. The van der Waals surface area contributed by atoms with Gasteiger partial charge in [0, 0.05) is 37.1 Å². The van der Waals surface area contributed by atoms with Crippen molar-refractivity contribution in [2.75, 3.05) is 11.4 Å². The Morgan fingerprint density at radius 2 is 1.95 bits per heavy atom. The van der Waals surface area contributed by atoms with Crippen LogP contribution in [-0.2, 0) is 13.1 Å². The number of hydrogen-bond acceptors (Lipinski definition) is 4. The van der Waals surface area contributed by atoms with Crippen LogP contribution in [0.1, 0.15) is 23.7 Å². The summed E-state index contributed by atoms with van der Waals surface area (Å²) in [5, 5.41) is 0. The van der Waals surface area contributed by atoms with Crippen LogP contribution in [0.2, 0.25) is 0 Å². The number of aromatic nitrogens is 2. The third-order valence-corrected chi connectivity index (χ3v) is 3.17. The Morgan fingerprint density at radius 3 is 2.53 bits per heavy atom. The lowest BCUT2D eigenvalue weighted by Crippen LogP contribution is -2.24. The number of anilines is 1. The highest BCUT2D eigenvalue weighted by Gasteiger charge is 2.09. The van der Waals surface area contributed by atoms with Crippen molar-refractivity contribution in [2.24, 2.45) is 5.73 Å². The highest BCUT2D eigenvalue weighted by molar-refractivity contribution is 5.34. The molecule has 0 spiro atoms. The number of nitrogens with zero attached hydrogens (tertiary/aromatic N) is 3. The molecule has 100 valence electrons. The van der Waals surface area contributed by atoms with E-state index in [0.717, 1.165) is 30.3 Å². The molecule has 0 aliphatic carbocycles. The summed E-state index contributed by atoms with van der Waals surface area (Å²) in [5.74, 6) is 0.765. The molecule has 0 fully saturated rings. The minimum atomic E-state index is 0.483. The SMILES string of the molecule is CCN(Cc1ccccc1)c1ncc(CN)c(C)n1. The molecule has 0 aliphatic heterocycles. The molecule has 4 heteroatoms. The van der Waals surface area contributed by atoms with E-state index >= 15 is 0 Å². The van der Waals surface area contributed by atoms with Crippen LogP contribution in [0.25, 0.3) is 0 Å². The highest BCUT2D eigenvalue weighted by atomic mass is 15.2. The van der Waals surface area contributed by atoms with Crippen molar-refractivity contribution in [3.05, 3.63) is 53.3 Å². The van der Waals surface area contributed by atoms with Crippen LogP contribution in [0.15, 0.2) is 36.5 Å². The van der Waals surface area contributed by atoms with E-state index in [4.69, 9.17) is 5.73 Å². The molecule has 0 atom stereocenters. The van der Waals surface area contributed by atoms with Crippen molar-refractivity contribution in [2.45, 2.75) is 26.9 Å². The number of hydrogen-bond donors (Lipinski definition) is 1. The van der Waals surface area contributed by atoms with Gasteiger partial charge in [-0.1, -0.05) is 30.3 Å². The quantitative estimate of drug-likeness (QED) is 0.891. The van der Waals surface area contributed by atoms with Gasteiger partial charge in [-0.25, -0.2) is 9.97 Å². The molecule has 0 saturated heterocycles. The maximum absolute atomic E-state index is 5.64. The van der Waals surface area contributed by atoms with Crippen molar-refractivity contribution < 1.29 is 0 Å². The Balaban J connectivity index is 2.20. The fraction of sp³-hybridized carbons (Fsp3) is 0.333. The van der Waals surface area contributed by atoms with Crippen LogP contribution in [0, 0.1) is 6.92 Å². The minimum absolute atomic E-state index is 0.483. The van der Waals surface area contributed by atoms with E-state index in [1.165, 1.54) is 5.56 Å². The van der Waals surface area contributed by atoms with Crippen LogP contribution in [0.5, 0.6) is 0 Å². The van der Waals surface area contributed by atoms with Crippen molar-refractivity contribution in [3.63, 3.8) is 0 Å². The first-order valence-corrected chi connectivity index (χ1v) is 6.56. The lowest BCUT2D eigenvalue weighted by atomic mass is 10.2. The van der Waals surface area contributed by atoms with Crippen LogP contribution in [0.3, 0.4) is 0 Å². The molecule has 2 N–H and O–H groups in total. The molecule has 1 aromatic heterocycles. The zero-order valence-electron chi connectivity index (χ0n) is 11.5. The molecule has 2 rings (SSSR count). The third-order valence-electron chi connectivity index (χ3n) is 3.17. The Kier molecular flexibility index (Phi) is 4.47. The lowest BCUT2D eigenvalue weighted by molar-refractivity contribution is 0.782. The summed E-state index contributed by atoms with van der Waals surface area (Å²) in [5.41, 5.74) is 8.85. The first-order chi connectivity index (χ1) is 9.24. The van der Waals surface area contributed by atoms with E-state index in [1.54, 1.807) is 0 Å². The third kappa shape index (κ3) is 3.29. The summed E-state index contributed by atoms with van der Waals surface area (Å²) in [7, 11) is 0. The number of rotatable bonds is 5. The van der Waals surface area contributed by atoms with Crippen LogP contribution >= 0.6 is 0 Å². The number of nitrogens with two attached hydrogens (primary N) is 1. The van der Waals surface area contributed by atoms with Gasteiger partial charge in [-0.15, -0.1) is 0 Å². The first kappa shape index (κ1) is 13.5. The Morgan fingerprint density at radius 1 is 1.21 bits per heavy atom. The second-order valence-electron chi connectivity index (χ2n) is 4.48. The summed E-state index contributed by atoms with van der Waals surface area (Å²) in [6.45, 7) is 6.26. The standard InChI is InChI=1S/C15H20N4/c1-3-19(11-13-7-5-4-6-8-13)15-17-10-14(9-16)12(2)18-15/h4-8,10H,3,9,11,16H2,1-2H3. The van der Waals surface area contributed by atoms with E-state index in [2.05, 4.69) is 33.9 Å². The van der Waals surface area contributed by atoms with Crippen molar-refractivity contribution in [1.82, 2.24) is 9.97 Å². The molecule has 4 nitrogen and oxygen atoms in total. The van der Waals surface area contributed by atoms with Crippen molar-refractivity contribution in [3.8, 4) is 0 Å². The van der Waals surface area contributed by atoms with Gasteiger partial charge in [-0.05, 0) is 19.4 Å². The monoisotopic (exact) mass is 256 g/mol. The van der Waals surface area contributed by atoms with Gasteiger partial charge < -0.3 is 10.6 Å². The fourth-order valence-electron chi connectivity index (χ4n) is 1.96. The fourth-order valence-corrected chi connectivity index (χ4v) is 1.96. The van der Waals surface area contributed by atoms with Gasteiger partial charge in [0.05, 0.1) is 0 Å².